The zero-order chi connectivity index (χ0) is 27.4. The maximum Gasteiger partial charge on any atom is 0.337 e. The van der Waals surface area contributed by atoms with Gasteiger partial charge in [0.2, 0.25) is 0 Å². The van der Waals surface area contributed by atoms with Crippen LogP contribution in [-0.4, -0.2) is 59.9 Å². The number of non-ortho nitro benzene ring substituents is 1. The zero-order valence-electron chi connectivity index (χ0n) is 21.6. The Balaban J connectivity index is 1.67. The molecule has 0 bridgehead atoms. The lowest BCUT2D eigenvalue weighted by Crippen LogP contribution is -2.43. The smallest absolute Gasteiger partial charge is 0.337 e. The Labute approximate surface area is 220 Å². The van der Waals surface area contributed by atoms with Gasteiger partial charge >= 0.3 is 11.9 Å². The summed E-state index contributed by atoms with van der Waals surface area (Å²) in [6.45, 7) is 3.71. The van der Waals surface area contributed by atoms with Crippen LogP contribution in [0.5, 0.6) is 0 Å². The van der Waals surface area contributed by atoms with E-state index < -0.39 is 41.0 Å². The molecule has 0 saturated carbocycles. The Kier molecular flexibility index (Phi) is 8.01. The van der Waals surface area contributed by atoms with Crippen LogP contribution in [0.2, 0.25) is 0 Å². The van der Waals surface area contributed by atoms with Gasteiger partial charge in [0.25, 0.3) is 5.69 Å². The lowest BCUT2D eigenvalue weighted by molar-refractivity contribution is -0.384. The van der Waals surface area contributed by atoms with Crippen LogP contribution in [0.4, 0.5) is 10.1 Å². The zero-order valence-corrected chi connectivity index (χ0v) is 21.6. The normalized spacial score (nSPS) is 23.6. The molecule has 0 aliphatic carbocycles. The third-order valence-corrected chi connectivity index (χ3v) is 7.14. The van der Waals surface area contributed by atoms with E-state index in [1.54, 1.807) is 19.9 Å². The standard InChI is InChI=1S/C28H30FN3O6/c1-18-23(26(33)37-3)25(21-10-7-11-22(14-21)32(35)36)24(19(2)30-18)27(34)38-28(16-29)12-13-31(17-28)15-20-8-5-4-6-9-20/h4-11,14,23,25H,12-13,15-17H2,1-3H3/t23?,25-,28-/m1/s1. The summed E-state index contributed by atoms with van der Waals surface area (Å²) in [6.07, 6.45) is 0.304. The van der Waals surface area contributed by atoms with Crippen molar-refractivity contribution in [3.05, 3.63) is 87.1 Å². The Hall–Kier alpha value is -3.92. The molecule has 0 N–H and O–H groups in total. The van der Waals surface area contributed by atoms with Gasteiger partial charge < -0.3 is 9.47 Å². The SMILES string of the molecule is COC(=O)C1C(C)=NC(C)=C(C(=O)O[C@@]2(CF)CCN(Cc3ccccc3)C2)[C@@H]1c1cccc([N+](=O)[O-])c1. The molecule has 1 saturated heterocycles. The average Bonchev–Trinajstić information content (AvgIpc) is 3.30. The first-order valence-corrected chi connectivity index (χ1v) is 12.3. The highest BCUT2D eigenvalue weighted by atomic mass is 19.1. The van der Waals surface area contributed by atoms with E-state index in [0.29, 0.717) is 36.5 Å². The quantitative estimate of drug-likeness (QED) is 0.287. The molecule has 200 valence electrons. The number of likely N-dealkylation sites (tertiary alicyclic amines) is 1. The number of ether oxygens (including phenoxy) is 2. The minimum Gasteiger partial charge on any atom is -0.468 e. The van der Waals surface area contributed by atoms with Gasteiger partial charge in [-0.3, -0.25) is 24.8 Å². The van der Waals surface area contributed by atoms with Crippen LogP contribution in [-0.2, 0) is 25.6 Å². The minimum atomic E-state index is -1.36. The van der Waals surface area contributed by atoms with Crippen molar-refractivity contribution in [2.45, 2.75) is 38.3 Å². The average molecular weight is 524 g/mol. The number of methoxy groups -OCH3 is 1. The number of alkyl halides is 1. The fraction of sp³-hybridized carbons (Fsp3) is 0.393. The molecular formula is C28H30FN3O6. The predicted molar refractivity (Wildman–Crippen MR) is 138 cm³/mol. The van der Waals surface area contributed by atoms with Crippen LogP contribution in [0.25, 0.3) is 0 Å². The van der Waals surface area contributed by atoms with Crippen LogP contribution >= 0.6 is 0 Å². The van der Waals surface area contributed by atoms with Crippen LogP contribution in [0.1, 0.15) is 37.3 Å². The molecule has 38 heavy (non-hydrogen) atoms. The molecule has 0 spiro atoms. The van der Waals surface area contributed by atoms with E-state index >= 15 is 0 Å². The van der Waals surface area contributed by atoms with E-state index in [4.69, 9.17) is 9.47 Å². The molecule has 10 heteroatoms. The number of rotatable bonds is 8. The predicted octanol–water partition coefficient (Wildman–Crippen LogP) is 4.37. The third-order valence-electron chi connectivity index (χ3n) is 7.14. The summed E-state index contributed by atoms with van der Waals surface area (Å²) in [5.74, 6) is -3.40. The Bertz CT molecular complexity index is 1290. The highest BCUT2D eigenvalue weighted by Gasteiger charge is 2.47. The van der Waals surface area contributed by atoms with Crippen molar-refractivity contribution in [3.63, 3.8) is 0 Å². The Morgan fingerprint density at radius 3 is 2.58 bits per heavy atom. The van der Waals surface area contributed by atoms with E-state index in [1.807, 2.05) is 35.2 Å². The topological polar surface area (TPSA) is 111 Å². The van der Waals surface area contributed by atoms with Gasteiger partial charge in [-0.05, 0) is 25.0 Å². The molecule has 9 nitrogen and oxygen atoms in total. The fourth-order valence-electron chi connectivity index (χ4n) is 5.30. The number of halogens is 1. The molecule has 4 rings (SSSR count). The van der Waals surface area contributed by atoms with Crippen LogP contribution in [0.15, 0.2) is 70.9 Å². The molecule has 3 atom stereocenters. The molecule has 2 aliphatic heterocycles. The summed E-state index contributed by atoms with van der Waals surface area (Å²) in [5.41, 5.74) is 0.640. The molecule has 0 amide bonds. The van der Waals surface area contributed by atoms with Gasteiger partial charge in [0, 0.05) is 55.5 Å². The van der Waals surface area contributed by atoms with Gasteiger partial charge in [-0.25, -0.2) is 9.18 Å². The van der Waals surface area contributed by atoms with E-state index in [2.05, 4.69) is 4.99 Å². The van der Waals surface area contributed by atoms with Crippen LogP contribution in [0.3, 0.4) is 0 Å². The number of hydrogen-bond acceptors (Lipinski definition) is 8. The first kappa shape index (κ1) is 27.1. The summed E-state index contributed by atoms with van der Waals surface area (Å²) >= 11 is 0. The summed E-state index contributed by atoms with van der Waals surface area (Å²) < 4.78 is 25.4. The van der Waals surface area contributed by atoms with Crippen molar-refractivity contribution < 1.29 is 28.4 Å². The summed E-state index contributed by atoms with van der Waals surface area (Å²) in [7, 11) is 1.22. The molecule has 2 aliphatic rings. The lowest BCUT2D eigenvalue weighted by atomic mass is 9.75. The Morgan fingerprint density at radius 2 is 1.92 bits per heavy atom. The first-order valence-electron chi connectivity index (χ1n) is 12.3. The van der Waals surface area contributed by atoms with E-state index in [1.165, 1.54) is 25.3 Å². The second kappa shape index (κ2) is 11.2. The highest BCUT2D eigenvalue weighted by Crippen LogP contribution is 2.42. The van der Waals surface area contributed by atoms with Gasteiger partial charge in [0.05, 0.1) is 17.6 Å². The van der Waals surface area contributed by atoms with E-state index in [-0.39, 0.29) is 17.8 Å². The maximum absolute atomic E-state index is 14.5. The van der Waals surface area contributed by atoms with Crippen LogP contribution in [0, 0.1) is 16.0 Å². The van der Waals surface area contributed by atoms with Crippen molar-refractivity contribution in [1.29, 1.82) is 0 Å². The number of carbonyl (C=O) groups excluding carboxylic acids is 2. The number of carbonyl (C=O) groups is 2. The molecular weight excluding hydrogens is 493 g/mol. The number of nitro benzene ring substituents is 1. The van der Waals surface area contributed by atoms with Crippen molar-refractivity contribution in [3.8, 4) is 0 Å². The monoisotopic (exact) mass is 523 g/mol. The number of nitro groups is 1. The number of benzene rings is 2. The number of aliphatic imine (C=N–C) groups is 1. The number of allylic oxidation sites excluding steroid dienone is 1. The fourth-order valence-corrected chi connectivity index (χ4v) is 5.30. The summed E-state index contributed by atoms with van der Waals surface area (Å²) in [5, 5.41) is 11.5. The number of esters is 2. The molecule has 0 radical (unpaired) electrons. The lowest BCUT2D eigenvalue weighted by Gasteiger charge is -2.33. The van der Waals surface area contributed by atoms with Gasteiger partial charge in [0.15, 0.2) is 5.60 Å². The van der Waals surface area contributed by atoms with Crippen LogP contribution < -0.4 is 0 Å². The largest absolute Gasteiger partial charge is 0.468 e. The first-order chi connectivity index (χ1) is 18.2. The van der Waals surface area contributed by atoms with Crippen molar-refractivity contribution >= 4 is 23.3 Å². The van der Waals surface area contributed by atoms with Gasteiger partial charge in [-0.15, -0.1) is 0 Å². The van der Waals surface area contributed by atoms with Gasteiger partial charge in [-0.2, -0.15) is 0 Å². The van der Waals surface area contributed by atoms with Crippen molar-refractivity contribution in [2.75, 3.05) is 26.9 Å². The van der Waals surface area contributed by atoms with E-state index in [9.17, 15) is 24.1 Å². The summed E-state index contributed by atoms with van der Waals surface area (Å²) in [4.78, 5) is 44.0. The third kappa shape index (κ3) is 5.50. The summed E-state index contributed by atoms with van der Waals surface area (Å²) in [6, 6.07) is 15.5. The van der Waals surface area contributed by atoms with Crippen molar-refractivity contribution in [2.24, 2.45) is 10.9 Å². The second-order valence-corrected chi connectivity index (χ2v) is 9.74. The minimum absolute atomic E-state index is 0.0563. The molecule has 1 unspecified atom stereocenters. The van der Waals surface area contributed by atoms with Gasteiger partial charge in [0.1, 0.15) is 12.6 Å². The molecule has 2 heterocycles. The number of nitrogens with zero attached hydrogens (tertiary/aromatic N) is 3. The molecule has 1 fully saturated rings. The number of hydrogen-bond donors (Lipinski definition) is 0. The maximum atomic E-state index is 14.5. The highest BCUT2D eigenvalue weighted by molar-refractivity contribution is 6.07. The van der Waals surface area contributed by atoms with Crippen molar-refractivity contribution in [1.82, 2.24) is 4.90 Å². The van der Waals surface area contributed by atoms with Gasteiger partial charge in [-0.1, -0.05) is 42.5 Å². The molecule has 2 aromatic carbocycles. The molecule has 2 aromatic rings. The second-order valence-electron chi connectivity index (χ2n) is 9.74. The Morgan fingerprint density at radius 1 is 1.18 bits per heavy atom. The molecule has 0 aromatic heterocycles. The van der Waals surface area contributed by atoms with E-state index in [0.717, 1.165) is 5.56 Å².